The van der Waals surface area contributed by atoms with Gasteiger partial charge in [0, 0.05) is 44.2 Å². The van der Waals surface area contributed by atoms with Crippen LogP contribution in [0.1, 0.15) is 51.4 Å². The van der Waals surface area contributed by atoms with E-state index in [1.165, 1.54) is 19.3 Å². The second-order valence-electron chi connectivity index (χ2n) is 11.5. The number of hydrogen-bond donors (Lipinski definition) is 2. The summed E-state index contributed by atoms with van der Waals surface area (Å²) in [6, 6.07) is 1.26. The molecule has 8 unspecified atom stereocenters. The highest BCUT2D eigenvalue weighted by atomic mass is 16.5. The van der Waals surface area contributed by atoms with Crippen LogP contribution in [0.25, 0.3) is 0 Å². The normalized spacial score (nSPS) is 42.0. The van der Waals surface area contributed by atoms with Crippen LogP contribution in [0.3, 0.4) is 0 Å². The van der Waals surface area contributed by atoms with Crippen LogP contribution < -0.4 is 10.6 Å². The van der Waals surface area contributed by atoms with E-state index < -0.39 is 0 Å². The topological polar surface area (TPSA) is 83.1 Å². The minimum Gasteiger partial charge on any atom is -0.379 e. The van der Waals surface area contributed by atoms with Crippen LogP contribution in [-0.2, 0) is 19.1 Å². The highest BCUT2D eigenvalue weighted by Crippen LogP contribution is 2.53. The largest absolute Gasteiger partial charge is 0.379 e. The fourth-order valence-electron chi connectivity index (χ4n) is 8.37. The zero-order valence-electron chi connectivity index (χ0n) is 20.5. The third-order valence-corrected chi connectivity index (χ3v) is 9.86. The maximum Gasteiger partial charge on any atom is 0.246 e. The third-order valence-electron chi connectivity index (χ3n) is 9.86. The number of hydrogen-bond acceptors (Lipinski definition) is 6. The zero-order valence-corrected chi connectivity index (χ0v) is 20.5. The number of morpholine rings is 1. The lowest BCUT2D eigenvalue weighted by Crippen LogP contribution is -2.66. The van der Waals surface area contributed by atoms with Gasteiger partial charge < -0.3 is 25.0 Å². The molecule has 2 aliphatic carbocycles. The molecule has 2 amide bonds. The van der Waals surface area contributed by atoms with Crippen molar-refractivity contribution in [2.45, 2.75) is 75.6 Å². The summed E-state index contributed by atoms with van der Waals surface area (Å²) in [7, 11) is 0. The van der Waals surface area contributed by atoms with Crippen molar-refractivity contribution in [1.29, 1.82) is 0 Å². The molecular formula is C26H42N4O4. The molecule has 0 bridgehead atoms. The number of carbonyl (C=O) groups excluding carboxylic acids is 2. The minimum absolute atomic E-state index is 0.0135. The van der Waals surface area contributed by atoms with Gasteiger partial charge in [-0.3, -0.25) is 14.5 Å². The lowest BCUT2D eigenvalue weighted by molar-refractivity contribution is -0.152. The first-order valence-corrected chi connectivity index (χ1v) is 13.9. The van der Waals surface area contributed by atoms with Gasteiger partial charge in [0.05, 0.1) is 25.4 Å². The van der Waals surface area contributed by atoms with E-state index >= 15 is 0 Å². The Kier molecular flexibility index (Phi) is 6.84. The number of ether oxygens (including phenoxy) is 2. The van der Waals surface area contributed by atoms with Crippen molar-refractivity contribution >= 4 is 11.8 Å². The Labute approximate surface area is 203 Å². The van der Waals surface area contributed by atoms with Crippen molar-refractivity contribution in [2.24, 2.45) is 23.7 Å². The number of rotatable bonds is 6. The van der Waals surface area contributed by atoms with Gasteiger partial charge in [-0.1, -0.05) is 12.8 Å². The van der Waals surface area contributed by atoms with Gasteiger partial charge in [-0.25, -0.2) is 0 Å². The quantitative estimate of drug-likeness (QED) is 0.598. The summed E-state index contributed by atoms with van der Waals surface area (Å²) in [6.07, 6.45) is 9.07. The van der Waals surface area contributed by atoms with Crippen LogP contribution in [0.2, 0.25) is 0 Å². The summed E-state index contributed by atoms with van der Waals surface area (Å²) in [4.78, 5) is 30.7. The molecule has 0 aromatic rings. The van der Waals surface area contributed by atoms with E-state index in [1.54, 1.807) is 0 Å². The van der Waals surface area contributed by atoms with E-state index in [1.807, 2.05) is 0 Å². The van der Waals surface area contributed by atoms with Crippen molar-refractivity contribution in [1.82, 2.24) is 20.4 Å². The van der Waals surface area contributed by atoms with Crippen molar-refractivity contribution in [3.05, 3.63) is 0 Å². The van der Waals surface area contributed by atoms with Gasteiger partial charge in [0.25, 0.3) is 0 Å². The summed E-state index contributed by atoms with van der Waals surface area (Å²) in [6.45, 7) is 6.20. The molecule has 8 atom stereocenters. The first-order valence-electron chi connectivity index (χ1n) is 13.9. The minimum atomic E-state index is -0.0135. The number of carbonyl (C=O) groups is 2. The number of fused-ring (bicyclic) bond motifs is 5. The van der Waals surface area contributed by atoms with Crippen molar-refractivity contribution in [2.75, 3.05) is 52.5 Å². The Morgan fingerprint density at radius 2 is 1.91 bits per heavy atom. The highest BCUT2D eigenvalue weighted by molar-refractivity contribution is 5.82. The van der Waals surface area contributed by atoms with Crippen LogP contribution >= 0.6 is 0 Å². The van der Waals surface area contributed by atoms with E-state index in [-0.39, 0.29) is 24.5 Å². The van der Waals surface area contributed by atoms with Crippen molar-refractivity contribution in [3.63, 3.8) is 0 Å². The molecule has 4 saturated heterocycles. The zero-order chi connectivity index (χ0) is 23.1. The Morgan fingerprint density at radius 1 is 1.06 bits per heavy atom. The summed E-state index contributed by atoms with van der Waals surface area (Å²) in [5.41, 5.74) is 0. The Bertz CT molecular complexity index is 759. The first-order chi connectivity index (χ1) is 16.7. The van der Waals surface area contributed by atoms with E-state index in [0.29, 0.717) is 48.3 Å². The number of piperidine rings is 2. The average Bonchev–Trinajstić information content (AvgIpc) is 3.21. The molecule has 190 valence electrons. The predicted octanol–water partition coefficient (Wildman–Crippen LogP) is 0.998. The van der Waals surface area contributed by atoms with E-state index in [0.717, 1.165) is 71.5 Å². The van der Waals surface area contributed by atoms with Crippen LogP contribution in [0.5, 0.6) is 0 Å². The van der Waals surface area contributed by atoms with Crippen molar-refractivity contribution < 1.29 is 19.1 Å². The molecule has 34 heavy (non-hydrogen) atoms. The molecule has 6 rings (SSSR count). The molecule has 4 aliphatic heterocycles. The van der Waals surface area contributed by atoms with Gasteiger partial charge in [-0.05, 0) is 62.8 Å². The molecule has 0 spiro atoms. The van der Waals surface area contributed by atoms with E-state index in [2.05, 4.69) is 20.4 Å². The standard InChI is InChI=1S/C26H42N4O4/c31-23(27-9-10-29-11-13-33-14-12-29)16-34-17-5-6-22-21(15-17)19-7-8-28-24-18-3-1-2-4-20(18)26(32)30(22)25(19)24/h17-22,24-25,28H,1-16H2,(H,27,31). The van der Waals surface area contributed by atoms with Gasteiger partial charge in [0.1, 0.15) is 6.61 Å². The lowest BCUT2D eigenvalue weighted by Gasteiger charge is -2.52. The fourth-order valence-corrected chi connectivity index (χ4v) is 8.37. The Hall–Kier alpha value is -1.22. The average molecular weight is 475 g/mol. The smallest absolute Gasteiger partial charge is 0.246 e. The molecule has 8 nitrogen and oxygen atoms in total. The summed E-state index contributed by atoms with van der Waals surface area (Å²) in [5.74, 6) is 2.36. The van der Waals surface area contributed by atoms with Gasteiger partial charge in [0.2, 0.25) is 11.8 Å². The van der Waals surface area contributed by atoms with Crippen LogP contribution in [-0.4, -0.2) is 98.4 Å². The lowest BCUT2D eigenvalue weighted by atomic mass is 9.66. The van der Waals surface area contributed by atoms with Crippen LogP contribution in [0, 0.1) is 23.7 Å². The van der Waals surface area contributed by atoms with Gasteiger partial charge in [-0.15, -0.1) is 0 Å². The predicted molar refractivity (Wildman–Crippen MR) is 127 cm³/mol. The van der Waals surface area contributed by atoms with E-state index in [9.17, 15) is 9.59 Å². The summed E-state index contributed by atoms with van der Waals surface area (Å²) >= 11 is 0. The Balaban J connectivity index is 1.03. The number of amides is 2. The van der Waals surface area contributed by atoms with Crippen LogP contribution in [0.15, 0.2) is 0 Å². The second kappa shape index (κ2) is 10.0. The molecule has 2 saturated carbocycles. The monoisotopic (exact) mass is 474 g/mol. The molecule has 8 heteroatoms. The maximum absolute atomic E-state index is 13.6. The molecule has 6 aliphatic rings. The van der Waals surface area contributed by atoms with Crippen molar-refractivity contribution in [3.8, 4) is 0 Å². The fraction of sp³-hybridized carbons (Fsp3) is 0.923. The van der Waals surface area contributed by atoms with Gasteiger partial charge in [0.15, 0.2) is 0 Å². The molecule has 0 aromatic heterocycles. The van der Waals surface area contributed by atoms with Gasteiger partial charge >= 0.3 is 0 Å². The maximum atomic E-state index is 13.6. The molecule has 2 N–H and O–H groups in total. The third kappa shape index (κ3) is 4.29. The Morgan fingerprint density at radius 3 is 2.79 bits per heavy atom. The number of nitrogens with one attached hydrogen (secondary N) is 2. The van der Waals surface area contributed by atoms with E-state index in [4.69, 9.17) is 9.47 Å². The summed E-state index contributed by atoms with van der Waals surface area (Å²) < 4.78 is 11.5. The highest BCUT2D eigenvalue weighted by Gasteiger charge is 2.61. The molecule has 4 heterocycles. The summed E-state index contributed by atoms with van der Waals surface area (Å²) in [5, 5.41) is 6.88. The molecule has 0 radical (unpaired) electrons. The molecule has 6 fully saturated rings. The van der Waals surface area contributed by atoms with Gasteiger partial charge in [-0.2, -0.15) is 0 Å². The SMILES string of the molecule is O=C(COC1CCC2C(C1)C1CCNC3C4CCCCC4C(=O)N2C13)NCCN1CCOCC1. The molecule has 0 aromatic carbocycles. The number of nitrogens with zero attached hydrogens (tertiary/aromatic N) is 2. The molecular weight excluding hydrogens is 432 g/mol. The second-order valence-corrected chi connectivity index (χ2v) is 11.5. The first kappa shape index (κ1) is 23.2. The van der Waals surface area contributed by atoms with Crippen LogP contribution in [0.4, 0.5) is 0 Å².